The van der Waals surface area contributed by atoms with Gasteiger partial charge in [-0.2, -0.15) is 0 Å². The highest BCUT2D eigenvalue weighted by atomic mass is 16.5. The van der Waals surface area contributed by atoms with Gasteiger partial charge in [0.2, 0.25) is 0 Å². The van der Waals surface area contributed by atoms with E-state index in [9.17, 15) is 14.4 Å². The molecule has 5 aromatic carbocycles. The standard InChI is InChI=1S/C41H36N4O5/c1-49-41(48)37(43-34-18-9-8-17-33(34)39(46)30-13-4-2-5-14-30)27-29-21-23-32(24-22-29)50-26-12-25-45(31-15-6-3-7-16-31)40(47)38-28-42-35-19-10-11-20-36(35)44-38/h2-11,13-24,28,37,43H,12,25-27H2,1H3. The number of benzene rings is 5. The number of anilines is 2. The molecule has 0 aliphatic heterocycles. The summed E-state index contributed by atoms with van der Waals surface area (Å²) < 4.78 is 11.1. The molecule has 0 fully saturated rings. The molecule has 1 aromatic heterocycles. The number of para-hydroxylation sites is 4. The van der Waals surface area contributed by atoms with E-state index >= 15 is 0 Å². The summed E-state index contributed by atoms with van der Waals surface area (Å²) in [4.78, 5) is 50.4. The SMILES string of the molecule is COC(=O)C(Cc1ccc(OCCCN(C(=O)c2cnc3ccccc3n2)c2ccccc2)cc1)Nc1ccccc1C(=O)c1ccccc1. The van der Waals surface area contributed by atoms with E-state index < -0.39 is 12.0 Å². The van der Waals surface area contributed by atoms with Crippen molar-refractivity contribution >= 4 is 40.1 Å². The van der Waals surface area contributed by atoms with E-state index in [1.54, 1.807) is 35.2 Å². The lowest BCUT2D eigenvalue weighted by Gasteiger charge is -2.22. The number of carbonyl (C=O) groups is 3. The lowest BCUT2D eigenvalue weighted by atomic mass is 10.00. The number of aromatic nitrogens is 2. The second kappa shape index (κ2) is 16.2. The molecule has 0 saturated carbocycles. The summed E-state index contributed by atoms with van der Waals surface area (Å²) in [6.45, 7) is 0.786. The topological polar surface area (TPSA) is 111 Å². The summed E-state index contributed by atoms with van der Waals surface area (Å²) in [6.07, 6.45) is 2.41. The number of nitrogens with zero attached hydrogens (tertiary/aromatic N) is 3. The number of hydrogen-bond acceptors (Lipinski definition) is 8. The molecule has 0 aliphatic rings. The molecule has 1 atom stereocenters. The summed E-state index contributed by atoms with van der Waals surface area (Å²) in [5, 5.41) is 3.24. The Morgan fingerprint density at radius 1 is 0.760 bits per heavy atom. The molecule has 0 spiro atoms. The van der Waals surface area contributed by atoms with Gasteiger partial charge in [-0.25, -0.2) is 9.78 Å². The van der Waals surface area contributed by atoms with Crippen molar-refractivity contribution in [3.8, 4) is 5.75 Å². The molecule has 9 nitrogen and oxygen atoms in total. The van der Waals surface area contributed by atoms with Gasteiger partial charge in [0.15, 0.2) is 5.78 Å². The Bertz CT molecular complexity index is 2070. The van der Waals surface area contributed by atoms with Crippen LogP contribution in [-0.2, 0) is 16.0 Å². The Labute approximate surface area is 290 Å². The Balaban J connectivity index is 1.08. The normalized spacial score (nSPS) is 11.4. The van der Waals surface area contributed by atoms with Gasteiger partial charge in [0.05, 0.1) is 30.9 Å². The van der Waals surface area contributed by atoms with Crippen molar-refractivity contribution in [2.24, 2.45) is 0 Å². The molecular formula is C41H36N4O5. The van der Waals surface area contributed by atoms with Gasteiger partial charge >= 0.3 is 5.97 Å². The van der Waals surface area contributed by atoms with Crippen LogP contribution in [0.3, 0.4) is 0 Å². The molecule has 250 valence electrons. The zero-order valence-electron chi connectivity index (χ0n) is 27.6. The van der Waals surface area contributed by atoms with Crippen molar-refractivity contribution in [1.82, 2.24) is 9.97 Å². The first-order valence-electron chi connectivity index (χ1n) is 16.3. The van der Waals surface area contributed by atoms with Gasteiger partial charge in [-0.15, -0.1) is 0 Å². The quantitative estimate of drug-likeness (QED) is 0.0742. The van der Waals surface area contributed by atoms with Gasteiger partial charge in [0, 0.05) is 35.5 Å². The summed E-state index contributed by atoms with van der Waals surface area (Å²) in [5.74, 6) is -0.162. The number of fused-ring (bicyclic) bond motifs is 1. The van der Waals surface area contributed by atoms with Crippen molar-refractivity contribution in [2.45, 2.75) is 18.9 Å². The van der Waals surface area contributed by atoms with Crippen LogP contribution in [-0.4, -0.2) is 53.9 Å². The maximum Gasteiger partial charge on any atom is 0.328 e. The van der Waals surface area contributed by atoms with Crippen LogP contribution < -0.4 is 15.0 Å². The number of hydrogen-bond donors (Lipinski definition) is 1. The van der Waals surface area contributed by atoms with Crippen LogP contribution in [0.4, 0.5) is 11.4 Å². The molecule has 6 aromatic rings. The van der Waals surface area contributed by atoms with E-state index in [0.29, 0.717) is 54.1 Å². The maximum atomic E-state index is 13.6. The number of ketones is 1. The van der Waals surface area contributed by atoms with E-state index in [0.717, 1.165) is 16.8 Å². The minimum absolute atomic E-state index is 0.141. The third kappa shape index (κ3) is 8.19. The molecule has 0 bridgehead atoms. The van der Waals surface area contributed by atoms with Crippen LogP contribution in [0.5, 0.6) is 5.75 Å². The number of ether oxygens (including phenoxy) is 2. The van der Waals surface area contributed by atoms with Crippen molar-refractivity contribution in [2.75, 3.05) is 30.5 Å². The number of amides is 1. The van der Waals surface area contributed by atoms with Crippen LogP contribution in [0, 0.1) is 0 Å². The first-order valence-corrected chi connectivity index (χ1v) is 16.3. The van der Waals surface area contributed by atoms with E-state index in [1.165, 1.54) is 13.3 Å². The number of rotatable bonds is 14. The lowest BCUT2D eigenvalue weighted by Crippen LogP contribution is -2.33. The zero-order chi connectivity index (χ0) is 34.7. The molecule has 1 amide bonds. The minimum Gasteiger partial charge on any atom is -0.494 e. The second-order valence-electron chi connectivity index (χ2n) is 11.5. The van der Waals surface area contributed by atoms with E-state index in [4.69, 9.17) is 9.47 Å². The summed E-state index contributed by atoms with van der Waals surface area (Å²) in [7, 11) is 1.34. The molecule has 0 saturated heterocycles. The number of esters is 1. The monoisotopic (exact) mass is 664 g/mol. The molecule has 50 heavy (non-hydrogen) atoms. The van der Waals surface area contributed by atoms with Crippen LogP contribution in [0.2, 0.25) is 0 Å². The first-order chi connectivity index (χ1) is 24.5. The van der Waals surface area contributed by atoms with Crippen LogP contribution in [0.1, 0.15) is 38.4 Å². The molecule has 1 N–H and O–H groups in total. The third-order valence-electron chi connectivity index (χ3n) is 8.16. The van der Waals surface area contributed by atoms with E-state index in [-0.39, 0.29) is 17.4 Å². The molecule has 0 radical (unpaired) electrons. The average molecular weight is 665 g/mol. The number of methoxy groups -OCH3 is 1. The highest BCUT2D eigenvalue weighted by molar-refractivity contribution is 6.12. The highest BCUT2D eigenvalue weighted by Gasteiger charge is 2.23. The molecule has 9 heteroatoms. The van der Waals surface area contributed by atoms with Gasteiger partial charge in [0.1, 0.15) is 17.5 Å². The summed E-state index contributed by atoms with van der Waals surface area (Å²) in [6, 6.07) is 39.8. The largest absolute Gasteiger partial charge is 0.494 e. The molecular weight excluding hydrogens is 628 g/mol. The van der Waals surface area contributed by atoms with Crippen LogP contribution >= 0.6 is 0 Å². The Hall–Kier alpha value is -6.35. The fourth-order valence-corrected chi connectivity index (χ4v) is 5.60. The van der Waals surface area contributed by atoms with E-state index in [1.807, 2.05) is 103 Å². The molecule has 6 rings (SSSR count). The van der Waals surface area contributed by atoms with Gasteiger partial charge in [-0.05, 0) is 60.5 Å². The highest BCUT2D eigenvalue weighted by Crippen LogP contribution is 2.23. The Kier molecular flexibility index (Phi) is 10.8. The maximum absolute atomic E-state index is 13.6. The van der Waals surface area contributed by atoms with Gasteiger partial charge < -0.3 is 19.7 Å². The fourth-order valence-electron chi connectivity index (χ4n) is 5.60. The number of carbonyl (C=O) groups excluding carboxylic acids is 3. The fraction of sp³-hybridized carbons (Fsp3) is 0.146. The minimum atomic E-state index is -0.731. The predicted octanol–water partition coefficient (Wildman–Crippen LogP) is 7.17. The first kappa shape index (κ1) is 33.5. The second-order valence-corrected chi connectivity index (χ2v) is 11.5. The van der Waals surface area contributed by atoms with Crippen molar-refractivity contribution in [3.63, 3.8) is 0 Å². The van der Waals surface area contributed by atoms with Crippen molar-refractivity contribution in [3.05, 3.63) is 162 Å². The van der Waals surface area contributed by atoms with Crippen LogP contribution in [0.25, 0.3) is 11.0 Å². The average Bonchev–Trinajstić information content (AvgIpc) is 3.18. The summed E-state index contributed by atoms with van der Waals surface area (Å²) in [5.41, 5.74) is 4.88. The van der Waals surface area contributed by atoms with Gasteiger partial charge in [-0.3, -0.25) is 14.6 Å². The van der Waals surface area contributed by atoms with E-state index in [2.05, 4.69) is 15.3 Å². The molecule has 1 heterocycles. The molecule has 0 aliphatic carbocycles. The van der Waals surface area contributed by atoms with Crippen molar-refractivity contribution < 1.29 is 23.9 Å². The Morgan fingerprint density at radius 2 is 1.42 bits per heavy atom. The lowest BCUT2D eigenvalue weighted by molar-refractivity contribution is -0.141. The smallest absolute Gasteiger partial charge is 0.328 e. The third-order valence-corrected chi connectivity index (χ3v) is 8.16. The predicted molar refractivity (Wildman–Crippen MR) is 194 cm³/mol. The van der Waals surface area contributed by atoms with Gasteiger partial charge in [-0.1, -0.05) is 84.9 Å². The molecule has 1 unspecified atom stereocenters. The van der Waals surface area contributed by atoms with Crippen LogP contribution in [0.15, 0.2) is 140 Å². The van der Waals surface area contributed by atoms with Crippen molar-refractivity contribution in [1.29, 1.82) is 0 Å². The number of nitrogens with one attached hydrogen (secondary N) is 1. The summed E-state index contributed by atoms with van der Waals surface area (Å²) >= 11 is 0. The zero-order valence-corrected chi connectivity index (χ0v) is 27.6. The Morgan fingerprint density at radius 3 is 2.16 bits per heavy atom. The van der Waals surface area contributed by atoms with Gasteiger partial charge in [0.25, 0.3) is 5.91 Å².